The molecule has 1 saturated heterocycles. The van der Waals surface area contributed by atoms with Crippen molar-refractivity contribution in [1.29, 1.82) is 0 Å². The highest BCUT2D eigenvalue weighted by Crippen LogP contribution is 2.26. The lowest BCUT2D eigenvalue weighted by Gasteiger charge is -2.32. The lowest BCUT2D eigenvalue weighted by atomic mass is 10.1. The molecule has 0 unspecified atom stereocenters. The summed E-state index contributed by atoms with van der Waals surface area (Å²) in [6.07, 6.45) is 6.16. The maximum atomic E-state index is 13.9. The number of nitrogens with zero attached hydrogens (tertiary/aromatic N) is 3. The molecule has 0 spiro atoms. The first-order chi connectivity index (χ1) is 14.0. The third kappa shape index (κ3) is 4.84. The van der Waals surface area contributed by atoms with Crippen LogP contribution in [0.1, 0.15) is 11.1 Å². The molecule has 1 aliphatic rings. The van der Waals surface area contributed by atoms with E-state index in [2.05, 4.69) is 27.6 Å². The molecule has 1 aromatic heterocycles. The molecule has 6 heteroatoms. The van der Waals surface area contributed by atoms with E-state index in [0.717, 1.165) is 61.3 Å². The second-order valence-corrected chi connectivity index (χ2v) is 8.41. The van der Waals surface area contributed by atoms with Gasteiger partial charge in [0.25, 0.3) is 0 Å². The average Bonchev–Trinajstić information content (AvgIpc) is 3.05. The second kappa shape index (κ2) is 8.88. The summed E-state index contributed by atoms with van der Waals surface area (Å²) in [4.78, 5) is 4.82. The molecular formula is C23H24Cl2FN3. The van der Waals surface area contributed by atoms with Gasteiger partial charge >= 0.3 is 0 Å². The van der Waals surface area contributed by atoms with Crippen molar-refractivity contribution in [3.05, 3.63) is 69.6 Å². The van der Waals surface area contributed by atoms with Gasteiger partial charge in [0.05, 0.1) is 15.6 Å². The fraction of sp³-hybridized carbons (Fsp3) is 0.304. The lowest BCUT2D eigenvalue weighted by molar-refractivity contribution is 0.150. The zero-order valence-corrected chi connectivity index (χ0v) is 17.9. The van der Waals surface area contributed by atoms with E-state index in [9.17, 15) is 4.39 Å². The first-order valence-corrected chi connectivity index (χ1v) is 10.6. The van der Waals surface area contributed by atoms with Gasteiger partial charge in [-0.2, -0.15) is 0 Å². The van der Waals surface area contributed by atoms with Gasteiger partial charge < -0.3 is 9.47 Å². The minimum atomic E-state index is -0.212. The number of halogens is 3. The van der Waals surface area contributed by atoms with Crippen LogP contribution < -0.4 is 0 Å². The molecule has 0 saturated carbocycles. The highest BCUT2D eigenvalue weighted by atomic mass is 35.5. The molecule has 0 amide bonds. The molecule has 0 aliphatic carbocycles. The number of aromatic nitrogens is 1. The van der Waals surface area contributed by atoms with Gasteiger partial charge in [-0.05, 0) is 48.5 Å². The fourth-order valence-electron chi connectivity index (χ4n) is 3.73. The van der Waals surface area contributed by atoms with E-state index in [1.165, 1.54) is 6.07 Å². The number of hydrogen-bond acceptors (Lipinski definition) is 2. The molecule has 0 atom stereocenters. The summed E-state index contributed by atoms with van der Waals surface area (Å²) in [5.74, 6) is -0.212. The maximum Gasteiger partial charge on any atom is 0.125 e. The minimum Gasteiger partial charge on any atom is -0.345 e. The quantitative estimate of drug-likeness (QED) is 0.527. The summed E-state index contributed by atoms with van der Waals surface area (Å²) in [6, 6.07) is 10.5. The molecule has 2 heterocycles. The molecule has 152 valence electrons. The Morgan fingerprint density at radius 3 is 2.48 bits per heavy atom. The third-order valence-electron chi connectivity index (χ3n) is 5.53. The van der Waals surface area contributed by atoms with Gasteiger partial charge in [-0.1, -0.05) is 41.4 Å². The number of fused-ring (bicyclic) bond motifs is 1. The second-order valence-electron chi connectivity index (χ2n) is 7.59. The number of benzene rings is 2. The summed E-state index contributed by atoms with van der Waals surface area (Å²) in [5, 5.41) is 2.12. The summed E-state index contributed by atoms with van der Waals surface area (Å²) in [6.45, 7) is 6.15. The summed E-state index contributed by atoms with van der Waals surface area (Å²) in [5.41, 5.74) is 2.96. The maximum absolute atomic E-state index is 13.9. The topological polar surface area (TPSA) is 11.4 Å². The van der Waals surface area contributed by atoms with E-state index >= 15 is 0 Å². The van der Waals surface area contributed by atoms with Crippen LogP contribution in [-0.2, 0) is 6.54 Å². The van der Waals surface area contributed by atoms with Gasteiger partial charge in [0.2, 0.25) is 0 Å². The summed E-state index contributed by atoms with van der Waals surface area (Å²) < 4.78 is 16.1. The van der Waals surface area contributed by atoms with Crippen molar-refractivity contribution in [3.8, 4) is 0 Å². The predicted molar refractivity (Wildman–Crippen MR) is 121 cm³/mol. The van der Waals surface area contributed by atoms with Gasteiger partial charge in [0, 0.05) is 50.9 Å². The van der Waals surface area contributed by atoms with Crippen LogP contribution in [-0.4, -0.2) is 54.1 Å². The van der Waals surface area contributed by atoms with Crippen LogP contribution in [0.2, 0.25) is 10.0 Å². The smallest absolute Gasteiger partial charge is 0.125 e. The van der Waals surface area contributed by atoms with Crippen LogP contribution in [0.15, 0.2) is 42.6 Å². The Kier molecular flexibility index (Phi) is 6.26. The van der Waals surface area contributed by atoms with Gasteiger partial charge in [-0.15, -0.1) is 0 Å². The first kappa shape index (κ1) is 20.4. The van der Waals surface area contributed by atoms with Crippen molar-refractivity contribution >= 4 is 46.3 Å². The fourth-order valence-corrected chi connectivity index (χ4v) is 4.04. The Balaban J connectivity index is 1.57. The van der Waals surface area contributed by atoms with Gasteiger partial charge in [-0.3, -0.25) is 4.90 Å². The van der Waals surface area contributed by atoms with E-state index in [1.807, 2.05) is 30.4 Å². The number of piperazine rings is 1. The average molecular weight is 432 g/mol. The van der Waals surface area contributed by atoms with Crippen LogP contribution in [0.5, 0.6) is 0 Å². The number of rotatable bonds is 5. The predicted octanol–water partition coefficient (Wildman–Crippen LogP) is 5.51. The van der Waals surface area contributed by atoms with Gasteiger partial charge in [-0.25, -0.2) is 4.39 Å². The summed E-state index contributed by atoms with van der Waals surface area (Å²) >= 11 is 12.1. The van der Waals surface area contributed by atoms with Crippen molar-refractivity contribution < 1.29 is 4.39 Å². The number of hydrogen-bond donors (Lipinski definition) is 0. The van der Waals surface area contributed by atoms with Crippen LogP contribution in [0.4, 0.5) is 4.39 Å². The third-order valence-corrected chi connectivity index (χ3v) is 6.27. The van der Waals surface area contributed by atoms with E-state index < -0.39 is 0 Å². The highest BCUT2D eigenvalue weighted by Gasteiger charge is 2.14. The van der Waals surface area contributed by atoms with Crippen molar-refractivity contribution in [2.24, 2.45) is 0 Å². The molecule has 29 heavy (non-hydrogen) atoms. The zero-order chi connectivity index (χ0) is 20.4. The SMILES string of the molecule is CN1CCN(CCn2cc(/C=C/c3ccc(Cl)c(Cl)c3)c3ccc(F)cc32)CC1. The van der Waals surface area contributed by atoms with Crippen molar-refractivity contribution in [2.75, 3.05) is 39.8 Å². The Morgan fingerprint density at radius 2 is 1.72 bits per heavy atom. The Morgan fingerprint density at radius 1 is 0.931 bits per heavy atom. The largest absolute Gasteiger partial charge is 0.345 e. The molecule has 0 radical (unpaired) electrons. The molecule has 0 bridgehead atoms. The van der Waals surface area contributed by atoms with Crippen molar-refractivity contribution in [1.82, 2.24) is 14.4 Å². The molecule has 0 N–H and O–H groups in total. The first-order valence-electron chi connectivity index (χ1n) is 9.82. The lowest BCUT2D eigenvalue weighted by Crippen LogP contribution is -2.45. The van der Waals surface area contributed by atoms with Gasteiger partial charge in [0.15, 0.2) is 0 Å². The molecule has 3 aromatic rings. The summed E-state index contributed by atoms with van der Waals surface area (Å²) in [7, 11) is 2.16. The minimum absolute atomic E-state index is 0.212. The van der Waals surface area contributed by atoms with E-state index in [0.29, 0.717) is 10.0 Å². The van der Waals surface area contributed by atoms with Crippen LogP contribution in [0.3, 0.4) is 0 Å². The van der Waals surface area contributed by atoms with Crippen LogP contribution >= 0.6 is 23.2 Å². The molecule has 2 aromatic carbocycles. The van der Waals surface area contributed by atoms with Crippen LogP contribution in [0.25, 0.3) is 23.1 Å². The Bertz CT molecular complexity index is 1040. The standard InChI is InChI=1S/C23H24Cl2FN3/c1-27-8-10-28(11-9-27)12-13-29-16-18(20-6-5-19(26)15-23(20)29)4-2-17-3-7-21(24)22(25)14-17/h2-7,14-16H,8-13H2,1H3/b4-2+. The Labute approximate surface area is 180 Å². The van der Waals surface area contributed by atoms with Crippen LogP contribution in [0, 0.1) is 5.82 Å². The molecule has 1 aliphatic heterocycles. The zero-order valence-electron chi connectivity index (χ0n) is 16.4. The highest BCUT2D eigenvalue weighted by molar-refractivity contribution is 6.42. The van der Waals surface area contributed by atoms with E-state index in [4.69, 9.17) is 23.2 Å². The normalized spacial score (nSPS) is 16.3. The molecule has 3 nitrogen and oxygen atoms in total. The molecule has 4 rings (SSSR count). The Hall–Kier alpha value is -1.85. The molecular weight excluding hydrogens is 408 g/mol. The van der Waals surface area contributed by atoms with Gasteiger partial charge in [0.1, 0.15) is 5.82 Å². The molecule has 1 fully saturated rings. The van der Waals surface area contributed by atoms with Crippen molar-refractivity contribution in [3.63, 3.8) is 0 Å². The van der Waals surface area contributed by atoms with E-state index in [-0.39, 0.29) is 5.82 Å². The van der Waals surface area contributed by atoms with E-state index in [1.54, 1.807) is 12.1 Å². The van der Waals surface area contributed by atoms with Crippen molar-refractivity contribution in [2.45, 2.75) is 6.54 Å². The number of likely N-dealkylation sites (N-methyl/N-ethyl adjacent to an activating group) is 1. The monoisotopic (exact) mass is 431 g/mol.